The fourth-order valence-electron chi connectivity index (χ4n) is 2.79. The molecule has 0 bridgehead atoms. The molecule has 2 unspecified atom stereocenters. The number of hydrogen-bond acceptors (Lipinski definition) is 2. The lowest BCUT2D eigenvalue weighted by Gasteiger charge is -2.21. The van der Waals surface area contributed by atoms with Crippen molar-refractivity contribution in [1.29, 1.82) is 0 Å². The van der Waals surface area contributed by atoms with Crippen molar-refractivity contribution in [3.05, 3.63) is 27.7 Å². The SMILES string of the molecule is Cc1cc(C)c(NC(C)CC2CCCN2)c(Br)c1. The van der Waals surface area contributed by atoms with Crippen LogP contribution in [-0.2, 0) is 0 Å². The molecule has 1 aromatic carbocycles. The van der Waals surface area contributed by atoms with Crippen LogP contribution in [0.25, 0.3) is 0 Å². The molecular weight excluding hydrogens is 288 g/mol. The van der Waals surface area contributed by atoms with Crippen LogP contribution in [0.3, 0.4) is 0 Å². The van der Waals surface area contributed by atoms with Crippen molar-refractivity contribution in [2.24, 2.45) is 0 Å². The van der Waals surface area contributed by atoms with E-state index in [0.717, 1.165) is 0 Å². The highest BCUT2D eigenvalue weighted by Gasteiger charge is 2.17. The Morgan fingerprint density at radius 2 is 2.22 bits per heavy atom. The van der Waals surface area contributed by atoms with E-state index in [0.29, 0.717) is 12.1 Å². The molecule has 18 heavy (non-hydrogen) atoms. The average Bonchev–Trinajstić information content (AvgIpc) is 2.76. The predicted octanol–water partition coefficient (Wildman–Crippen LogP) is 4.01. The van der Waals surface area contributed by atoms with Crippen LogP contribution in [0.1, 0.15) is 37.3 Å². The highest BCUT2D eigenvalue weighted by atomic mass is 79.9. The van der Waals surface area contributed by atoms with Crippen molar-refractivity contribution in [3.63, 3.8) is 0 Å². The van der Waals surface area contributed by atoms with Gasteiger partial charge in [0.2, 0.25) is 0 Å². The van der Waals surface area contributed by atoms with Crippen LogP contribution in [0.15, 0.2) is 16.6 Å². The zero-order valence-corrected chi connectivity index (χ0v) is 13.1. The molecule has 100 valence electrons. The Hall–Kier alpha value is -0.540. The van der Waals surface area contributed by atoms with E-state index in [-0.39, 0.29) is 0 Å². The number of nitrogens with one attached hydrogen (secondary N) is 2. The van der Waals surface area contributed by atoms with Crippen LogP contribution in [0, 0.1) is 13.8 Å². The van der Waals surface area contributed by atoms with E-state index in [1.807, 2.05) is 0 Å². The highest BCUT2D eigenvalue weighted by molar-refractivity contribution is 9.10. The zero-order valence-electron chi connectivity index (χ0n) is 11.5. The summed E-state index contributed by atoms with van der Waals surface area (Å²) in [6.07, 6.45) is 3.84. The molecule has 0 spiro atoms. The molecule has 1 saturated heterocycles. The minimum absolute atomic E-state index is 0.498. The van der Waals surface area contributed by atoms with Crippen molar-refractivity contribution < 1.29 is 0 Å². The van der Waals surface area contributed by atoms with E-state index < -0.39 is 0 Å². The molecule has 1 fully saturated rings. The van der Waals surface area contributed by atoms with Crippen molar-refractivity contribution in [3.8, 4) is 0 Å². The third kappa shape index (κ3) is 3.48. The fourth-order valence-corrected chi connectivity index (χ4v) is 3.58. The molecular formula is C15H23BrN2. The Morgan fingerprint density at radius 1 is 1.44 bits per heavy atom. The molecule has 0 aliphatic carbocycles. The summed E-state index contributed by atoms with van der Waals surface area (Å²) in [6.45, 7) is 7.75. The first-order chi connectivity index (χ1) is 8.56. The number of anilines is 1. The Morgan fingerprint density at radius 3 is 2.83 bits per heavy atom. The summed E-state index contributed by atoms with van der Waals surface area (Å²) in [5.74, 6) is 0. The van der Waals surface area contributed by atoms with Gasteiger partial charge in [-0.15, -0.1) is 0 Å². The Labute approximate surface area is 119 Å². The van der Waals surface area contributed by atoms with Gasteiger partial charge < -0.3 is 10.6 Å². The molecule has 2 rings (SSSR count). The van der Waals surface area contributed by atoms with Gasteiger partial charge in [0.15, 0.2) is 0 Å². The molecule has 1 aliphatic rings. The van der Waals surface area contributed by atoms with Crippen LogP contribution in [0.5, 0.6) is 0 Å². The molecule has 1 aliphatic heterocycles. The summed E-state index contributed by atoms with van der Waals surface area (Å²) in [5.41, 5.74) is 3.86. The predicted molar refractivity (Wildman–Crippen MR) is 82.3 cm³/mol. The van der Waals surface area contributed by atoms with Crippen LogP contribution >= 0.6 is 15.9 Å². The maximum atomic E-state index is 3.66. The first-order valence-corrected chi connectivity index (χ1v) is 7.62. The van der Waals surface area contributed by atoms with Gasteiger partial charge in [0.05, 0.1) is 5.69 Å². The first kappa shape index (κ1) is 13.9. The fraction of sp³-hybridized carbons (Fsp3) is 0.600. The number of benzene rings is 1. The van der Waals surface area contributed by atoms with Gasteiger partial charge in [-0.05, 0) is 79.7 Å². The molecule has 0 saturated carbocycles. The van der Waals surface area contributed by atoms with Crippen molar-refractivity contribution in [1.82, 2.24) is 5.32 Å². The second-order valence-electron chi connectivity index (χ2n) is 5.51. The largest absolute Gasteiger partial charge is 0.381 e. The maximum absolute atomic E-state index is 3.66. The Bertz CT molecular complexity index is 388. The van der Waals surface area contributed by atoms with Gasteiger partial charge in [-0.3, -0.25) is 0 Å². The summed E-state index contributed by atoms with van der Waals surface area (Å²) in [7, 11) is 0. The van der Waals surface area contributed by atoms with E-state index in [1.165, 1.54) is 47.1 Å². The molecule has 1 aromatic rings. The molecule has 3 heteroatoms. The van der Waals surface area contributed by atoms with E-state index in [2.05, 4.69) is 59.5 Å². The van der Waals surface area contributed by atoms with Crippen molar-refractivity contribution in [2.45, 2.75) is 52.1 Å². The topological polar surface area (TPSA) is 24.1 Å². The second-order valence-corrected chi connectivity index (χ2v) is 6.37. The van der Waals surface area contributed by atoms with Gasteiger partial charge >= 0.3 is 0 Å². The summed E-state index contributed by atoms with van der Waals surface area (Å²) in [5, 5.41) is 7.21. The molecule has 0 aromatic heterocycles. The van der Waals surface area contributed by atoms with E-state index in [9.17, 15) is 0 Å². The van der Waals surface area contributed by atoms with Gasteiger partial charge in [-0.1, -0.05) is 6.07 Å². The van der Waals surface area contributed by atoms with Gasteiger partial charge in [-0.25, -0.2) is 0 Å². The van der Waals surface area contributed by atoms with Crippen molar-refractivity contribution >= 4 is 21.6 Å². The summed E-state index contributed by atoms with van der Waals surface area (Å²) >= 11 is 3.66. The minimum Gasteiger partial charge on any atom is -0.381 e. The minimum atomic E-state index is 0.498. The van der Waals surface area contributed by atoms with E-state index in [1.54, 1.807) is 0 Å². The van der Waals surface area contributed by atoms with Gasteiger partial charge in [0.1, 0.15) is 0 Å². The van der Waals surface area contributed by atoms with Gasteiger partial charge in [-0.2, -0.15) is 0 Å². The standard InChI is InChI=1S/C15H23BrN2/c1-10-7-11(2)15(14(16)8-10)18-12(3)9-13-5-4-6-17-13/h7-8,12-13,17-18H,4-6,9H2,1-3H3. The second kappa shape index (κ2) is 6.07. The third-order valence-electron chi connectivity index (χ3n) is 3.62. The molecule has 2 N–H and O–H groups in total. The van der Waals surface area contributed by atoms with Gasteiger partial charge in [0.25, 0.3) is 0 Å². The summed E-state index contributed by atoms with van der Waals surface area (Å²) in [6, 6.07) is 5.60. The van der Waals surface area contributed by atoms with Gasteiger partial charge in [0, 0.05) is 16.6 Å². The van der Waals surface area contributed by atoms with Crippen LogP contribution in [-0.4, -0.2) is 18.6 Å². The Kier molecular flexibility index (Phi) is 4.68. The number of hydrogen-bond donors (Lipinski definition) is 2. The van der Waals surface area contributed by atoms with Crippen LogP contribution in [0.4, 0.5) is 5.69 Å². The summed E-state index contributed by atoms with van der Waals surface area (Å²) < 4.78 is 1.17. The molecule has 0 amide bonds. The van der Waals surface area contributed by atoms with Crippen LogP contribution in [0.2, 0.25) is 0 Å². The quantitative estimate of drug-likeness (QED) is 0.878. The molecule has 2 nitrogen and oxygen atoms in total. The number of aryl methyl sites for hydroxylation is 2. The highest BCUT2D eigenvalue weighted by Crippen LogP contribution is 2.29. The zero-order chi connectivity index (χ0) is 13.1. The summed E-state index contributed by atoms with van der Waals surface area (Å²) in [4.78, 5) is 0. The van der Waals surface area contributed by atoms with Crippen LogP contribution < -0.4 is 10.6 Å². The van der Waals surface area contributed by atoms with E-state index in [4.69, 9.17) is 0 Å². The maximum Gasteiger partial charge on any atom is 0.0516 e. The molecule has 0 radical (unpaired) electrons. The van der Waals surface area contributed by atoms with Crippen molar-refractivity contribution in [2.75, 3.05) is 11.9 Å². The monoisotopic (exact) mass is 310 g/mol. The molecule has 1 heterocycles. The lowest BCUT2D eigenvalue weighted by molar-refractivity contribution is 0.523. The van der Waals surface area contributed by atoms with E-state index >= 15 is 0 Å². The average molecular weight is 311 g/mol. The lowest BCUT2D eigenvalue weighted by atomic mass is 10.1. The smallest absolute Gasteiger partial charge is 0.0516 e. The Balaban J connectivity index is 1.99. The lowest BCUT2D eigenvalue weighted by Crippen LogP contribution is -2.29. The third-order valence-corrected chi connectivity index (χ3v) is 4.25. The number of halogens is 1. The normalized spacial score (nSPS) is 21.0. The number of rotatable bonds is 4. The molecule has 2 atom stereocenters. The first-order valence-electron chi connectivity index (χ1n) is 6.83.